The van der Waals surface area contributed by atoms with Gasteiger partial charge in [0.25, 0.3) is 5.91 Å². The van der Waals surface area contributed by atoms with E-state index in [0.29, 0.717) is 35.7 Å². The van der Waals surface area contributed by atoms with Crippen LogP contribution in [0.1, 0.15) is 34.5 Å². The average molecular weight is 537 g/mol. The van der Waals surface area contributed by atoms with Crippen molar-refractivity contribution in [3.8, 4) is 16.9 Å². The van der Waals surface area contributed by atoms with Gasteiger partial charge in [0.15, 0.2) is 16.4 Å². The molecule has 2 aromatic carbocycles. The number of amides is 1. The van der Waals surface area contributed by atoms with Crippen LogP contribution in [0.5, 0.6) is 0 Å². The Balaban J connectivity index is 1.29. The van der Waals surface area contributed by atoms with Crippen molar-refractivity contribution in [2.24, 2.45) is 0 Å². The molecule has 1 unspecified atom stereocenters. The largest absolute Gasteiger partial charge is 0.611 e. The lowest BCUT2D eigenvalue weighted by molar-refractivity contribution is -0.106. The van der Waals surface area contributed by atoms with Gasteiger partial charge < -0.3 is 18.9 Å². The molecule has 0 radical (unpaired) electrons. The normalized spacial score (nSPS) is 24.8. The number of benzene rings is 2. The van der Waals surface area contributed by atoms with Crippen molar-refractivity contribution in [2.75, 3.05) is 39.5 Å². The van der Waals surface area contributed by atoms with Gasteiger partial charge in [-0.05, 0) is 53.8 Å². The molecule has 3 aromatic rings. The van der Waals surface area contributed by atoms with Gasteiger partial charge in [0, 0.05) is 26.2 Å². The van der Waals surface area contributed by atoms with E-state index in [1.165, 1.54) is 11.6 Å². The van der Waals surface area contributed by atoms with E-state index in [-0.39, 0.29) is 28.7 Å². The second-order valence-corrected chi connectivity index (χ2v) is 11.7. The van der Waals surface area contributed by atoms with Crippen LogP contribution in [0.3, 0.4) is 0 Å². The van der Waals surface area contributed by atoms with Crippen molar-refractivity contribution >= 4 is 17.1 Å². The maximum atomic E-state index is 14.9. The first-order chi connectivity index (χ1) is 18.6. The van der Waals surface area contributed by atoms with Crippen LogP contribution in [0.15, 0.2) is 47.4 Å². The molecule has 0 bridgehead atoms. The highest BCUT2D eigenvalue weighted by Gasteiger charge is 2.45. The van der Waals surface area contributed by atoms with Crippen LogP contribution in [-0.2, 0) is 32.9 Å². The van der Waals surface area contributed by atoms with Crippen LogP contribution in [0.4, 0.5) is 4.39 Å². The van der Waals surface area contributed by atoms with Crippen molar-refractivity contribution < 1.29 is 23.2 Å². The first kappa shape index (κ1) is 24.3. The van der Waals surface area contributed by atoms with E-state index in [0.717, 1.165) is 51.4 Å². The van der Waals surface area contributed by atoms with E-state index < -0.39 is 17.0 Å². The fourth-order valence-corrected chi connectivity index (χ4v) is 7.35. The maximum absolute atomic E-state index is 14.9. The molecule has 198 valence electrons. The SMILES string of the molecule is O=C(c1nn(-c2ccc(CN3CCOCC3)cc2)c2c1C[S+]([O-])c1c(F)cccc1-2)N1CCO[C@@H]2CC[C@@H]21. The lowest BCUT2D eigenvalue weighted by Crippen LogP contribution is -2.59. The third-order valence-electron chi connectivity index (χ3n) is 8.10. The van der Waals surface area contributed by atoms with Crippen molar-refractivity contribution in [2.45, 2.75) is 42.2 Å². The summed E-state index contributed by atoms with van der Waals surface area (Å²) in [6, 6.07) is 12.9. The number of rotatable bonds is 4. The number of morpholine rings is 2. The number of carbonyl (C=O) groups is 1. The number of aromatic nitrogens is 2. The summed E-state index contributed by atoms with van der Waals surface area (Å²) in [5, 5.41) is 4.83. The Morgan fingerprint density at radius 2 is 1.89 bits per heavy atom. The monoisotopic (exact) mass is 536 g/mol. The van der Waals surface area contributed by atoms with Gasteiger partial charge in [0.2, 0.25) is 0 Å². The van der Waals surface area contributed by atoms with E-state index in [4.69, 9.17) is 14.6 Å². The van der Waals surface area contributed by atoms with Gasteiger partial charge >= 0.3 is 0 Å². The zero-order chi connectivity index (χ0) is 25.8. The summed E-state index contributed by atoms with van der Waals surface area (Å²) in [7, 11) is 0. The summed E-state index contributed by atoms with van der Waals surface area (Å²) >= 11 is -1.61. The average Bonchev–Trinajstić information content (AvgIpc) is 3.29. The highest BCUT2D eigenvalue weighted by Crippen LogP contribution is 2.42. The van der Waals surface area contributed by atoms with Crippen molar-refractivity contribution in [3.05, 3.63) is 65.1 Å². The Morgan fingerprint density at radius 1 is 1.08 bits per heavy atom. The summed E-state index contributed by atoms with van der Waals surface area (Å²) in [4.78, 5) is 18.3. The lowest BCUT2D eigenvalue weighted by Gasteiger charge is -2.47. The Bertz CT molecular complexity index is 1370. The summed E-state index contributed by atoms with van der Waals surface area (Å²) in [5.41, 5.74) is 4.03. The van der Waals surface area contributed by atoms with Gasteiger partial charge in [0.05, 0.1) is 54.5 Å². The van der Waals surface area contributed by atoms with Gasteiger partial charge in [-0.2, -0.15) is 5.10 Å². The molecule has 3 aliphatic heterocycles. The maximum Gasteiger partial charge on any atom is 0.275 e. The number of halogens is 1. The van der Waals surface area contributed by atoms with E-state index >= 15 is 0 Å². The number of carbonyl (C=O) groups excluding carboxylic acids is 1. The summed E-state index contributed by atoms with van der Waals surface area (Å²) in [6.45, 7) is 5.14. The first-order valence-electron chi connectivity index (χ1n) is 13.2. The molecule has 3 atom stereocenters. The Hall–Kier alpha value is -2.76. The quantitative estimate of drug-likeness (QED) is 0.477. The standard InChI is InChI=1S/C28H29FN4O4S/c29-22-3-1-2-20-26-21(17-38(35)27(20)22)25(28(34)32-12-15-37-24-9-8-23(24)32)30-33(26)19-6-4-18(5-7-19)16-31-10-13-36-14-11-31/h1-7,23-24H,8-17H2/t23-,24+,38?/m0/s1. The predicted octanol–water partition coefficient (Wildman–Crippen LogP) is 3.14. The molecule has 0 spiro atoms. The van der Waals surface area contributed by atoms with E-state index in [1.54, 1.807) is 16.8 Å². The van der Waals surface area contributed by atoms with E-state index in [9.17, 15) is 13.7 Å². The predicted molar refractivity (Wildman–Crippen MR) is 139 cm³/mol. The lowest BCUT2D eigenvalue weighted by atomic mass is 9.86. The van der Waals surface area contributed by atoms with Crippen molar-refractivity contribution in [1.29, 1.82) is 0 Å². The Morgan fingerprint density at radius 3 is 2.66 bits per heavy atom. The molecule has 3 fully saturated rings. The van der Waals surface area contributed by atoms with Crippen molar-refractivity contribution in [1.82, 2.24) is 19.6 Å². The number of ether oxygens (including phenoxy) is 2. The number of hydrogen-bond acceptors (Lipinski definition) is 6. The van der Waals surface area contributed by atoms with E-state index in [2.05, 4.69) is 17.0 Å². The Labute approximate surface area is 223 Å². The molecular weight excluding hydrogens is 507 g/mol. The third-order valence-corrected chi connectivity index (χ3v) is 9.52. The van der Waals surface area contributed by atoms with Gasteiger partial charge in [-0.3, -0.25) is 9.69 Å². The van der Waals surface area contributed by atoms with Crippen LogP contribution in [0.2, 0.25) is 0 Å². The molecule has 1 saturated carbocycles. The molecule has 1 aliphatic carbocycles. The zero-order valence-corrected chi connectivity index (χ0v) is 21.8. The molecule has 2 saturated heterocycles. The van der Waals surface area contributed by atoms with Gasteiger partial charge in [-0.1, -0.05) is 18.2 Å². The number of hydrogen-bond donors (Lipinski definition) is 0. The fourth-order valence-electron chi connectivity index (χ4n) is 5.97. The minimum atomic E-state index is -1.61. The molecular formula is C28H29FN4O4S. The summed E-state index contributed by atoms with van der Waals surface area (Å²) in [6.07, 6.45) is 1.94. The summed E-state index contributed by atoms with van der Waals surface area (Å²) < 4.78 is 41.0. The molecule has 10 heteroatoms. The molecule has 0 N–H and O–H groups in total. The molecule has 1 aromatic heterocycles. The van der Waals surface area contributed by atoms with Crippen LogP contribution >= 0.6 is 0 Å². The molecule has 38 heavy (non-hydrogen) atoms. The van der Waals surface area contributed by atoms with Gasteiger partial charge in [-0.15, -0.1) is 0 Å². The molecule has 4 heterocycles. The smallest absolute Gasteiger partial charge is 0.275 e. The van der Waals surface area contributed by atoms with Crippen LogP contribution in [0.25, 0.3) is 16.9 Å². The van der Waals surface area contributed by atoms with Crippen molar-refractivity contribution in [3.63, 3.8) is 0 Å². The van der Waals surface area contributed by atoms with Crippen LogP contribution in [0, 0.1) is 5.82 Å². The van der Waals surface area contributed by atoms with Gasteiger partial charge in [0.1, 0.15) is 5.75 Å². The molecule has 8 nitrogen and oxygen atoms in total. The topological polar surface area (TPSA) is 82.9 Å². The highest BCUT2D eigenvalue weighted by atomic mass is 32.2. The highest BCUT2D eigenvalue weighted by molar-refractivity contribution is 7.90. The molecule has 4 aliphatic rings. The van der Waals surface area contributed by atoms with Crippen LogP contribution in [-0.4, -0.2) is 81.6 Å². The zero-order valence-electron chi connectivity index (χ0n) is 21.0. The fraction of sp³-hybridized carbons (Fsp3) is 0.429. The molecule has 7 rings (SSSR count). The Kier molecular flexibility index (Phi) is 6.24. The van der Waals surface area contributed by atoms with E-state index in [1.807, 2.05) is 17.0 Å². The third kappa shape index (κ3) is 4.06. The second-order valence-electron chi connectivity index (χ2n) is 10.3. The molecule has 1 amide bonds. The number of nitrogens with zero attached hydrogens (tertiary/aromatic N) is 4. The number of fused-ring (bicyclic) bond motifs is 4. The van der Waals surface area contributed by atoms with Gasteiger partial charge in [-0.25, -0.2) is 9.07 Å². The first-order valence-corrected chi connectivity index (χ1v) is 14.5. The summed E-state index contributed by atoms with van der Waals surface area (Å²) in [5.74, 6) is -0.616. The second kappa shape index (κ2) is 9.77. The minimum absolute atomic E-state index is 0.0512. The van der Waals surface area contributed by atoms with Crippen LogP contribution < -0.4 is 0 Å². The minimum Gasteiger partial charge on any atom is -0.611 e.